The summed E-state index contributed by atoms with van der Waals surface area (Å²) in [6, 6.07) is 6.81. The molecule has 0 radical (unpaired) electrons. The van der Waals surface area contributed by atoms with Crippen LogP contribution >= 0.6 is 11.8 Å². The number of carbonyl (C=O) groups excluding carboxylic acids is 2. The van der Waals surface area contributed by atoms with E-state index >= 15 is 0 Å². The number of hydrogen-bond donors (Lipinski definition) is 0. The van der Waals surface area contributed by atoms with E-state index in [0.717, 1.165) is 22.3 Å². The molecule has 86 valence electrons. The van der Waals surface area contributed by atoms with Gasteiger partial charge in [0.2, 0.25) is 0 Å². The van der Waals surface area contributed by atoms with Crippen LogP contribution in [0.3, 0.4) is 0 Å². The monoisotopic (exact) mass is 238 g/mol. The van der Waals surface area contributed by atoms with Crippen molar-refractivity contribution in [2.45, 2.75) is 31.3 Å². The van der Waals surface area contributed by atoms with Gasteiger partial charge in [-0.05, 0) is 39.0 Å². The molecule has 3 nitrogen and oxygen atoms in total. The summed E-state index contributed by atoms with van der Waals surface area (Å²) in [6.07, 6.45) is 0. The third-order valence-electron chi connectivity index (χ3n) is 1.65. The van der Waals surface area contributed by atoms with Crippen LogP contribution in [0.2, 0.25) is 0 Å². The lowest BCUT2D eigenvalue weighted by Crippen LogP contribution is -2.23. The molecule has 0 bridgehead atoms. The van der Waals surface area contributed by atoms with E-state index in [2.05, 4.69) is 0 Å². The van der Waals surface area contributed by atoms with Crippen LogP contribution in [-0.4, -0.2) is 17.2 Å². The van der Waals surface area contributed by atoms with Gasteiger partial charge in [-0.3, -0.25) is 4.79 Å². The number of rotatable bonds is 3. The van der Waals surface area contributed by atoms with E-state index in [1.165, 1.54) is 0 Å². The normalized spacial score (nSPS) is 10.9. The number of carbonyl (C=O) groups is 2. The number of esters is 1. The van der Waals surface area contributed by atoms with E-state index in [-0.39, 0.29) is 5.97 Å². The minimum atomic E-state index is -0.509. The Morgan fingerprint density at radius 3 is 2.62 bits per heavy atom. The second kappa shape index (κ2) is 5.16. The topological polar surface area (TPSA) is 43.4 Å². The fourth-order valence-corrected chi connectivity index (χ4v) is 1.55. The van der Waals surface area contributed by atoms with E-state index < -0.39 is 5.60 Å². The van der Waals surface area contributed by atoms with Gasteiger partial charge in [0.25, 0.3) is 0 Å². The number of benzene rings is 1. The Kier molecular flexibility index (Phi) is 4.12. The molecule has 0 aliphatic carbocycles. The molecule has 0 saturated heterocycles. The van der Waals surface area contributed by atoms with E-state index in [4.69, 9.17) is 4.74 Å². The van der Waals surface area contributed by atoms with Gasteiger partial charge in [-0.15, -0.1) is 0 Å². The van der Waals surface area contributed by atoms with Crippen LogP contribution in [0, 0.1) is 0 Å². The van der Waals surface area contributed by atoms with Crippen LogP contribution in [0.1, 0.15) is 31.1 Å². The molecule has 0 aliphatic rings. The molecule has 0 saturated carbocycles. The second-order valence-corrected chi connectivity index (χ2v) is 5.14. The summed E-state index contributed by atoms with van der Waals surface area (Å²) in [7, 11) is 0. The van der Waals surface area contributed by atoms with Crippen LogP contribution in [0.5, 0.6) is 0 Å². The summed E-state index contributed by atoms with van der Waals surface area (Å²) in [5.41, 5.74) is 0.681. The third-order valence-corrected chi connectivity index (χ3v) is 2.28. The van der Waals surface area contributed by atoms with Gasteiger partial charge in [0.05, 0.1) is 5.56 Å². The van der Waals surface area contributed by atoms with E-state index in [1.807, 2.05) is 20.8 Å². The predicted molar refractivity (Wildman–Crippen MR) is 64.2 cm³/mol. The first-order valence-corrected chi connectivity index (χ1v) is 5.74. The average Bonchev–Trinajstić information content (AvgIpc) is 2.16. The van der Waals surface area contributed by atoms with E-state index in [9.17, 15) is 9.59 Å². The van der Waals surface area contributed by atoms with Crippen LogP contribution < -0.4 is 0 Å². The van der Waals surface area contributed by atoms with Gasteiger partial charge in [0, 0.05) is 4.90 Å². The maximum absolute atomic E-state index is 11.7. The maximum Gasteiger partial charge on any atom is 0.338 e. The summed E-state index contributed by atoms with van der Waals surface area (Å²) in [5, 5.41) is 0. The molecule has 0 unspecified atom stereocenters. The summed E-state index contributed by atoms with van der Waals surface area (Å²) < 4.78 is 5.22. The molecule has 0 spiro atoms. The molecule has 0 aliphatic heterocycles. The van der Waals surface area contributed by atoms with Crippen molar-refractivity contribution in [1.29, 1.82) is 0 Å². The average molecular weight is 238 g/mol. The Bertz CT molecular complexity index is 393. The van der Waals surface area contributed by atoms with Crippen LogP contribution in [0.4, 0.5) is 0 Å². The predicted octanol–water partition coefficient (Wildman–Crippen LogP) is 2.92. The third kappa shape index (κ3) is 4.06. The van der Waals surface area contributed by atoms with Crippen molar-refractivity contribution < 1.29 is 14.3 Å². The van der Waals surface area contributed by atoms with Crippen molar-refractivity contribution in [2.75, 3.05) is 0 Å². The van der Waals surface area contributed by atoms with Crippen molar-refractivity contribution in [1.82, 2.24) is 0 Å². The molecular formula is C12H14O3S. The van der Waals surface area contributed by atoms with Gasteiger partial charge in [-0.1, -0.05) is 17.8 Å². The summed E-state index contributed by atoms with van der Waals surface area (Å²) in [5.74, 6) is -0.374. The van der Waals surface area contributed by atoms with Crippen LogP contribution in [0.15, 0.2) is 29.2 Å². The van der Waals surface area contributed by atoms with Gasteiger partial charge >= 0.3 is 5.97 Å². The second-order valence-electron chi connectivity index (χ2n) is 4.24. The zero-order valence-corrected chi connectivity index (χ0v) is 10.3. The lowest BCUT2D eigenvalue weighted by molar-refractivity contribution is 0.00692. The molecule has 0 heterocycles. The highest BCUT2D eigenvalue weighted by molar-refractivity contribution is 8.11. The molecular weight excluding hydrogens is 224 g/mol. The lowest BCUT2D eigenvalue weighted by Gasteiger charge is -2.19. The van der Waals surface area contributed by atoms with Crippen LogP contribution in [-0.2, 0) is 9.53 Å². The standard InChI is InChI=1S/C12H14O3S/c1-12(2,3)15-11(14)9-5-4-6-10(7-9)16-8-13/h4-8H,1-3H3. The van der Waals surface area contributed by atoms with Gasteiger partial charge in [-0.2, -0.15) is 0 Å². The number of hydrogen-bond acceptors (Lipinski definition) is 4. The SMILES string of the molecule is CC(C)(C)OC(=O)c1cccc(SC=O)c1. The summed E-state index contributed by atoms with van der Waals surface area (Å²) in [6.45, 7) is 5.44. The van der Waals surface area contributed by atoms with Crippen molar-refractivity contribution >= 4 is 23.3 Å². The van der Waals surface area contributed by atoms with Crippen molar-refractivity contribution in [3.63, 3.8) is 0 Å². The summed E-state index contributed by atoms with van der Waals surface area (Å²) in [4.78, 5) is 22.8. The minimum absolute atomic E-state index is 0.374. The molecule has 1 aromatic carbocycles. The van der Waals surface area contributed by atoms with Crippen molar-refractivity contribution in [3.8, 4) is 0 Å². The molecule has 16 heavy (non-hydrogen) atoms. The molecule has 0 fully saturated rings. The molecule has 1 rings (SSSR count). The van der Waals surface area contributed by atoms with Crippen molar-refractivity contribution in [2.24, 2.45) is 0 Å². The zero-order valence-electron chi connectivity index (χ0n) is 9.52. The summed E-state index contributed by atoms with van der Waals surface area (Å²) >= 11 is 1.04. The smallest absolute Gasteiger partial charge is 0.338 e. The minimum Gasteiger partial charge on any atom is -0.456 e. The Hall–Kier alpha value is -1.29. The Balaban J connectivity index is 2.83. The number of thioether (sulfide) groups is 1. The fourth-order valence-electron chi connectivity index (χ4n) is 1.09. The molecule has 0 amide bonds. The van der Waals surface area contributed by atoms with Gasteiger partial charge in [0.1, 0.15) is 5.60 Å². The molecule has 0 atom stereocenters. The zero-order chi connectivity index (χ0) is 12.2. The van der Waals surface area contributed by atoms with E-state index in [0.29, 0.717) is 5.56 Å². The van der Waals surface area contributed by atoms with Gasteiger partial charge in [-0.25, -0.2) is 4.79 Å². The Labute approximate surface area is 99.2 Å². The lowest BCUT2D eigenvalue weighted by atomic mass is 10.2. The largest absolute Gasteiger partial charge is 0.456 e. The van der Waals surface area contributed by atoms with Gasteiger partial charge < -0.3 is 4.74 Å². The van der Waals surface area contributed by atoms with Crippen molar-refractivity contribution in [3.05, 3.63) is 29.8 Å². The molecule has 4 heteroatoms. The maximum atomic E-state index is 11.7. The molecule has 0 N–H and O–H groups in total. The highest BCUT2D eigenvalue weighted by atomic mass is 32.2. The van der Waals surface area contributed by atoms with E-state index in [1.54, 1.807) is 24.3 Å². The number of ether oxygens (including phenoxy) is 1. The quantitative estimate of drug-likeness (QED) is 0.461. The molecule has 1 aromatic rings. The first kappa shape index (κ1) is 12.8. The fraction of sp³-hybridized carbons (Fsp3) is 0.333. The molecule has 0 aromatic heterocycles. The Morgan fingerprint density at radius 1 is 1.38 bits per heavy atom. The Morgan fingerprint density at radius 2 is 2.06 bits per heavy atom. The highest BCUT2D eigenvalue weighted by Gasteiger charge is 2.17. The van der Waals surface area contributed by atoms with Crippen LogP contribution in [0.25, 0.3) is 0 Å². The first-order chi connectivity index (χ1) is 7.42. The van der Waals surface area contributed by atoms with Gasteiger partial charge in [0.15, 0.2) is 5.62 Å². The highest BCUT2D eigenvalue weighted by Crippen LogP contribution is 2.18. The first-order valence-electron chi connectivity index (χ1n) is 4.86.